The number of hydrogen-bond donors (Lipinski definition) is 1. The highest BCUT2D eigenvalue weighted by molar-refractivity contribution is 5.79. The maximum atomic E-state index is 4.55. The lowest BCUT2D eigenvalue weighted by Gasteiger charge is -2.30. The number of aromatic nitrogens is 1. The number of pyridine rings is 1. The van der Waals surface area contributed by atoms with Crippen molar-refractivity contribution in [3.8, 4) is 0 Å². The fraction of sp³-hybridized carbons (Fsp3) is 0.700. The highest BCUT2D eigenvalue weighted by atomic mass is 15.1. The van der Waals surface area contributed by atoms with Crippen LogP contribution in [-0.4, -0.2) is 49.3 Å². The Balaban J connectivity index is 1.37. The SMILES string of the molecule is CN(C)CC1CCC(CNCc2cc(C=NC3CC3)ccn2)CC1. The smallest absolute Gasteiger partial charge is 0.0548 e. The summed E-state index contributed by atoms with van der Waals surface area (Å²) in [5.41, 5.74) is 2.30. The van der Waals surface area contributed by atoms with Crippen LogP contribution < -0.4 is 5.32 Å². The van der Waals surface area contributed by atoms with Crippen molar-refractivity contribution in [3.63, 3.8) is 0 Å². The average molecular weight is 329 g/mol. The highest BCUT2D eigenvalue weighted by Gasteiger charge is 2.21. The molecule has 0 aliphatic heterocycles. The summed E-state index contributed by atoms with van der Waals surface area (Å²) in [6, 6.07) is 4.79. The van der Waals surface area contributed by atoms with Gasteiger partial charge in [-0.1, -0.05) is 0 Å². The molecule has 132 valence electrons. The molecular weight excluding hydrogens is 296 g/mol. The van der Waals surface area contributed by atoms with E-state index in [4.69, 9.17) is 0 Å². The minimum absolute atomic E-state index is 0.586. The number of aliphatic imine (C=N–C) groups is 1. The fourth-order valence-electron chi connectivity index (χ4n) is 3.63. The molecule has 2 aliphatic rings. The normalized spacial score (nSPS) is 24.8. The summed E-state index contributed by atoms with van der Waals surface area (Å²) < 4.78 is 0. The minimum atomic E-state index is 0.586. The van der Waals surface area contributed by atoms with E-state index in [9.17, 15) is 0 Å². The molecule has 2 fully saturated rings. The Morgan fingerprint density at radius 1 is 1.17 bits per heavy atom. The van der Waals surface area contributed by atoms with Crippen molar-refractivity contribution in [3.05, 3.63) is 29.6 Å². The maximum Gasteiger partial charge on any atom is 0.0548 e. The Labute approximate surface area is 146 Å². The molecular formula is C20H32N4. The van der Waals surface area contributed by atoms with Crippen LogP contribution in [0.25, 0.3) is 0 Å². The van der Waals surface area contributed by atoms with E-state index in [2.05, 4.69) is 40.4 Å². The van der Waals surface area contributed by atoms with Crippen molar-refractivity contribution in [1.82, 2.24) is 15.2 Å². The van der Waals surface area contributed by atoms with E-state index < -0.39 is 0 Å². The molecule has 24 heavy (non-hydrogen) atoms. The molecule has 4 heteroatoms. The summed E-state index contributed by atoms with van der Waals surface area (Å²) >= 11 is 0. The van der Waals surface area contributed by atoms with Crippen molar-refractivity contribution in [2.24, 2.45) is 16.8 Å². The van der Waals surface area contributed by atoms with Crippen LogP contribution >= 0.6 is 0 Å². The first-order valence-corrected chi connectivity index (χ1v) is 9.52. The van der Waals surface area contributed by atoms with Crippen molar-refractivity contribution in [1.29, 1.82) is 0 Å². The zero-order valence-corrected chi connectivity index (χ0v) is 15.2. The first-order valence-electron chi connectivity index (χ1n) is 9.52. The molecule has 0 atom stereocenters. The third kappa shape index (κ3) is 5.99. The minimum Gasteiger partial charge on any atom is -0.311 e. The topological polar surface area (TPSA) is 40.5 Å². The molecule has 1 aromatic rings. The molecule has 2 saturated carbocycles. The Morgan fingerprint density at radius 2 is 1.92 bits per heavy atom. The number of nitrogens with zero attached hydrogens (tertiary/aromatic N) is 3. The largest absolute Gasteiger partial charge is 0.311 e. The van der Waals surface area contributed by atoms with Gasteiger partial charge in [0.2, 0.25) is 0 Å². The van der Waals surface area contributed by atoms with Crippen molar-refractivity contribution in [2.75, 3.05) is 27.2 Å². The van der Waals surface area contributed by atoms with Gasteiger partial charge in [-0.2, -0.15) is 0 Å². The first kappa shape index (κ1) is 17.6. The van der Waals surface area contributed by atoms with Crippen LogP contribution in [0.5, 0.6) is 0 Å². The molecule has 1 N–H and O–H groups in total. The molecule has 4 nitrogen and oxygen atoms in total. The van der Waals surface area contributed by atoms with Gasteiger partial charge in [0.1, 0.15) is 0 Å². The molecule has 0 unspecified atom stereocenters. The van der Waals surface area contributed by atoms with E-state index in [0.717, 1.165) is 30.6 Å². The highest BCUT2D eigenvalue weighted by Crippen LogP contribution is 2.28. The maximum absolute atomic E-state index is 4.55. The third-order valence-electron chi connectivity index (χ3n) is 5.15. The molecule has 1 aromatic heterocycles. The monoisotopic (exact) mass is 328 g/mol. The zero-order valence-electron chi connectivity index (χ0n) is 15.2. The van der Waals surface area contributed by atoms with Crippen LogP contribution in [0.4, 0.5) is 0 Å². The standard InChI is InChI=1S/C20H32N4/c1-24(2)15-17-5-3-16(4-6-17)12-21-14-20-11-18(9-10-22-20)13-23-19-7-8-19/h9-11,13,16-17,19,21H,3-8,12,14-15H2,1-2H3. The summed E-state index contributed by atoms with van der Waals surface area (Å²) in [4.78, 5) is 11.4. The number of rotatable bonds is 8. The average Bonchev–Trinajstić information content (AvgIpc) is 3.39. The molecule has 0 aromatic carbocycles. The summed E-state index contributed by atoms with van der Waals surface area (Å²) in [6.07, 6.45) is 11.9. The van der Waals surface area contributed by atoms with Gasteiger partial charge in [-0.15, -0.1) is 0 Å². The molecule has 3 rings (SSSR count). The quantitative estimate of drug-likeness (QED) is 0.745. The van der Waals surface area contributed by atoms with Gasteiger partial charge in [0, 0.05) is 25.5 Å². The van der Waals surface area contributed by atoms with Crippen molar-refractivity contribution >= 4 is 6.21 Å². The lowest BCUT2D eigenvalue weighted by Crippen LogP contribution is -2.30. The lowest BCUT2D eigenvalue weighted by molar-refractivity contribution is 0.219. The summed E-state index contributed by atoms with van der Waals surface area (Å²) in [7, 11) is 4.37. The van der Waals surface area contributed by atoms with Crippen LogP contribution in [0.3, 0.4) is 0 Å². The second kappa shape index (κ2) is 8.72. The molecule has 0 radical (unpaired) electrons. The second-order valence-corrected chi connectivity index (χ2v) is 7.87. The Kier molecular flexibility index (Phi) is 6.38. The molecule has 2 aliphatic carbocycles. The fourth-order valence-corrected chi connectivity index (χ4v) is 3.63. The summed E-state index contributed by atoms with van der Waals surface area (Å²) in [5.74, 6) is 1.74. The Hall–Kier alpha value is -1.26. The predicted octanol–water partition coefficient (Wildman–Crippen LogP) is 3.12. The molecule has 0 bridgehead atoms. The Bertz CT molecular complexity index is 528. The summed E-state index contributed by atoms with van der Waals surface area (Å²) in [5, 5.41) is 3.61. The van der Waals surface area contributed by atoms with Gasteiger partial charge in [0.05, 0.1) is 11.7 Å². The molecule has 0 spiro atoms. The van der Waals surface area contributed by atoms with Crippen LogP contribution in [-0.2, 0) is 6.54 Å². The van der Waals surface area contributed by atoms with Gasteiger partial charge in [-0.25, -0.2) is 0 Å². The van der Waals surface area contributed by atoms with Gasteiger partial charge < -0.3 is 10.2 Å². The molecule has 0 amide bonds. The second-order valence-electron chi connectivity index (χ2n) is 7.87. The van der Waals surface area contributed by atoms with E-state index in [1.165, 1.54) is 50.6 Å². The number of hydrogen-bond acceptors (Lipinski definition) is 4. The molecule has 0 saturated heterocycles. The van der Waals surface area contributed by atoms with Crippen LogP contribution in [0, 0.1) is 11.8 Å². The van der Waals surface area contributed by atoms with E-state index in [1.54, 1.807) is 0 Å². The predicted molar refractivity (Wildman–Crippen MR) is 101 cm³/mol. The van der Waals surface area contributed by atoms with Crippen LogP contribution in [0.1, 0.15) is 49.8 Å². The Morgan fingerprint density at radius 3 is 2.62 bits per heavy atom. The van der Waals surface area contributed by atoms with Gasteiger partial charge in [-0.05, 0) is 88.7 Å². The summed E-state index contributed by atoms with van der Waals surface area (Å²) in [6.45, 7) is 3.23. The van der Waals surface area contributed by atoms with Crippen LogP contribution in [0.2, 0.25) is 0 Å². The zero-order chi connectivity index (χ0) is 16.8. The van der Waals surface area contributed by atoms with Crippen molar-refractivity contribution < 1.29 is 0 Å². The lowest BCUT2D eigenvalue weighted by atomic mass is 9.82. The van der Waals surface area contributed by atoms with Crippen LogP contribution in [0.15, 0.2) is 23.3 Å². The van der Waals surface area contributed by atoms with Gasteiger partial charge in [-0.3, -0.25) is 9.98 Å². The van der Waals surface area contributed by atoms with Gasteiger partial charge in [0.25, 0.3) is 0 Å². The molecule has 1 heterocycles. The van der Waals surface area contributed by atoms with Crippen molar-refractivity contribution in [2.45, 2.75) is 51.1 Å². The number of nitrogens with one attached hydrogen (secondary N) is 1. The van der Waals surface area contributed by atoms with E-state index in [-0.39, 0.29) is 0 Å². The van der Waals surface area contributed by atoms with E-state index in [1.807, 2.05) is 18.5 Å². The van der Waals surface area contributed by atoms with E-state index >= 15 is 0 Å². The van der Waals surface area contributed by atoms with E-state index in [0.29, 0.717) is 6.04 Å². The third-order valence-corrected chi connectivity index (χ3v) is 5.15. The van der Waals surface area contributed by atoms with Gasteiger partial charge >= 0.3 is 0 Å². The first-order chi connectivity index (χ1) is 11.7. The van der Waals surface area contributed by atoms with Gasteiger partial charge in [0.15, 0.2) is 0 Å².